The largest absolute Gasteiger partial charge is 0.369 e. The fourth-order valence-electron chi connectivity index (χ4n) is 2.21. The van der Waals surface area contributed by atoms with Crippen LogP contribution in [-0.4, -0.2) is 26.2 Å². The predicted molar refractivity (Wildman–Crippen MR) is 95.1 cm³/mol. The molecule has 1 fully saturated rings. The number of piperazine rings is 1. The summed E-state index contributed by atoms with van der Waals surface area (Å²) in [6.45, 7) is 8.67. The third-order valence-corrected chi connectivity index (χ3v) is 4.06. The molecule has 0 aromatic heterocycles. The first-order valence-electron chi connectivity index (χ1n) is 7.39. The monoisotopic (exact) mass is 346 g/mol. The lowest BCUT2D eigenvalue weighted by Gasteiger charge is -2.29. The Kier molecular flexibility index (Phi) is 6.27. The van der Waals surface area contributed by atoms with Gasteiger partial charge in [0, 0.05) is 36.3 Å². The molecule has 0 atom stereocenters. The number of hydrogen-bond donors (Lipinski definition) is 1. The van der Waals surface area contributed by atoms with Crippen LogP contribution in [0.25, 0.3) is 0 Å². The van der Waals surface area contributed by atoms with Gasteiger partial charge >= 0.3 is 0 Å². The quantitative estimate of drug-likeness (QED) is 0.833. The summed E-state index contributed by atoms with van der Waals surface area (Å²) in [5.41, 5.74) is 3.99. The highest BCUT2D eigenvalue weighted by Gasteiger charge is 2.08. The minimum atomic E-state index is 1.11. The lowest BCUT2D eigenvalue weighted by Crippen LogP contribution is -2.43. The van der Waals surface area contributed by atoms with E-state index in [2.05, 4.69) is 76.4 Å². The Balaban J connectivity index is 0.000000173. The molecule has 1 aliphatic heterocycles. The molecule has 0 spiro atoms. The van der Waals surface area contributed by atoms with E-state index in [1.165, 1.54) is 16.8 Å². The number of benzene rings is 2. The highest BCUT2D eigenvalue weighted by Crippen LogP contribution is 2.14. The van der Waals surface area contributed by atoms with E-state index in [-0.39, 0.29) is 0 Å². The average Bonchev–Trinajstić information content (AvgIpc) is 2.52. The zero-order valence-electron chi connectivity index (χ0n) is 12.8. The fraction of sp³-hybridized carbons (Fsp3) is 0.333. The summed E-state index contributed by atoms with van der Waals surface area (Å²) in [5.74, 6) is 0. The van der Waals surface area contributed by atoms with Crippen molar-refractivity contribution in [2.75, 3.05) is 31.1 Å². The normalized spacial score (nSPS) is 14.3. The van der Waals surface area contributed by atoms with Gasteiger partial charge in [-0.15, -0.1) is 0 Å². The lowest BCUT2D eigenvalue weighted by molar-refractivity contribution is 0.589. The molecule has 0 unspecified atom stereocenters. The van der Waals surface area contributed by atoms with E-state index in [0.717, 1.165) is 30.7 Å². The van der Waals surface area contributed by atoms with Crippen molar-refractivity contribution in [2.24, 2.45) is 0 Å². The smallest absolute Gasteiger partial charge is 0.0367 e. The summed E-state index contributed by atoms with van der Waals surface area (Å²) in [5, 5.41) is 3.35. The van der Waals surface area contributed by atoms with E-state index in [1.807, 2.05) is 12.1 Å². The molecular weight excluding hydrogens is 324 g/mol. The van der Waals surface area contributed by atoms with Crippen molar-refractivity contribution in [3.05, 3.63) is 64.1 Å². The van der Waals surface area contributed by atoms with E-state index < -0.39 is 0 Å². The molecule has 1 heterocycles. The zero-order chi connectivity index (χ0) is 15.1. The third kappa shape index (κ3) is 5.52. The SMILES string of the molecule is Cc1ccc(Br)cc1.Cc1ccc(N2CCNCC2)cc1. The highest BCUT2D eigenvalue weighted by molar-refractivity contribution is 9.10. The molecule has 0 bridgehead atoms. The highest BCUT2D eigenvalue weighted by atomic mass is 79.9. The molecule has 3 heteroatoms. The third-order valence-electron chi connectivity index (χ3n) is 3.53. The van der Waals surface area contributed by atoms with Crippen molar-refractivity contribution in [2.45, 2.75) is 13.8 Å². The minimum Gasteiger partial charge on any atom is -0.369 e. The van der Waals surface area contributed by atoms with Crippen molar-refractivity contribution >= 4 is 21.6 Å². The number of halogens is 1. The van der Waals surface area contributed by atoms with E-state index in [0.29, 0.717) is 0 Å². The van der Waals surface area contributed by atoms with Crippen LogP contribution >= 0.6 is 15.9 Å². The number of anilines is 1. The summed E-state index contributed by atoms with van der Waals surface area (Å²) < 4.78 is 1.14. The van der Waals surface area contributed by atoms with Crippen LogP contribution in [0.1, 0.15) is 11.1 Å². The maximum Gasteiger partial charge on any atom is 0.0367 e. The van der Waals surface area contributed by atoms with Crippen molar-refractivity contribution in [1.29, 1.82) is 0 Å². The van der Waals surface area contributed by atoms with E-state index in [9.17, 15) is 0 Å². The van der Waals surface area contributed by atoms with Gasteiger partial charge in [-0.2, -0.15) is 0 Å². The summed E-state index contributed by atoms with van der Waals surface area (Å²) in [6.07, 6.45) is 0. The van der Waals surface area contributed by atoms with Gasteiger partial charge in [-0.05, 0) is 38.1 Å². The summed E-state index contributed by atoms with van der Waals surface area (Å²) >= 11 is 3.35. The lowest BCUT2D eigenvalue weighted by atomic mass is 10.2. The van der Waals surface area contributed by atoms with Crippen LogP contribution in [0, 0.1) is 13.8 Å². The first kappa shape index (κ1) is 16.1. The van der Waals surface area contributed by atoms with Gasteiger partial charge in [0.05, 0.1) is 0 Å². The number of nitrogens with one attached hydrogen (secondary N) is 1. The van der Waals surface area contributed by atoms with Gasteiger partial charge in [0.1, 0.15) is 0 Å². The molecule has 0 saturated carbocycles. The topological polar surface area (TPSA) is 15.3 Å². The molecule has 112 valence electrons. The Bertz CT molecular complexity index is 507. The van der Waals surface area contributed by atoms with Crippen LogP contribution in [0.4, 0.5) is 5.69 Å². The van der Waals surface area contributed by atoms with Gasteiger partial charge in [0.25, 0.3) is 0 Å². The van der Waals surface area contributed by atoms with Gasteiger partial charge in [-0.1, -0.05) is 51.3 Å². The molecule has 2 aromatic rings. The number of nitrogens with zero attached hydrogens (tertiary/aromatic N) is 1. The minimum absolute atomic E-state index is 1.11. The van der Waals surface area contributed by atoms with Gasteiger partial charge < -0.3 is 10.2 Å². The van der Waals surface area contributed by atoms with E-state index >= 15 is 0 Å². The standard InChI is InChI=1S/C11H16N2.C7H7Br/c1-10-2-4-11(5-3-10)13-8-6-12-7-9-13;1-6-2-4-7(8)5-3-6/h2-5,12H,6-9H2,1H3;2-5H,1H3. The molecule has 2 aromatic carbocycles. The maximum absolute atomic E-state index is 3.35. The Morgan fingerprint density at radius 3 is 1.76 bits per heavy atom. The summed E-state index contributed by atoms with van der Waals surface area (Å²) in [4.78, 5) is 2.43. The van der Waals surface area contributed by atoms with E-state index in [1.54, 1.807) is 0 Å². The van der Waals surface area contributed by atoms with Crippen LogP contribution in [0.5, 0.6) is 0 Å². The first-order chi connectivity index (χ1) is 10.1. The Hall–Kier alpha value is -1.32. The summed E-state index contributed by atoms with van der Waals surface area (Å²) in [7, 11) is 0. The molecule has 0 aliphatic carbocycles. The van der Waals surface area contributed by atoms with Crippen molar-refractivity contribution in [1.82, 2.24) is 5.32 Å². The van der Waals surface area contributed by atoms with Crippen molar-refractivity contribution in [3.8, 4) is 0 Å². The second-order valence-electron chi connectivity index (χ2n) is 5.37. The predicted octanol–water partition coefficient (Wildman–Crippen LogP) is 4.16. The van der Waals surface area contributed by atoms with Gasteiger partial charge in [-0.3, -0.25) is 0 Å². The molecule has 1 saturated heterocycles. The van der Waals surface area contributed by atoms with Crippen LogP contribution in [0.2, 0.25) is 0 Å². The van der Waals surface area contributed by atoms with E-state index in [4.69, 9.17) is 0 Å². The molecule has 0 radical (unpaired) electrons. The Morgan fingerprint density at radius 2 is 1.29 bits per heavy atom. The fourth-order valence-corrected chi connectivity index (χ4v) is 2.48. The molecule has 21 heavy (non-hydrogen) atoms. The molecular formula is C18H23BrN2. The van der Waals surface area contributed by atoms with Gasteiger partial charge in [0.2, 0.25) is 0 Å². The maximum atomic E-state index is 3.35. The zero-order valence-corrected chi connectivity index (χ0v) is 14.4. The van der Waals surface area contributed by atoms with Gasteiger partial charge in [-0.25, -0.2) is 0 Å². The second-order valence-corrected chi connectivity index (χ2v) is 6.28. The molecule has 1 aliphatic rings. The Labute approximate surface area is 136 Å². The van der Waals surface area contributed by atoms with Crippen LogP contribution in [-0.2, 0) is 0 Å². The van der Waals surface area contributed by atoms with Crippen LogP contribution < -0.4 is 10.2 Å². The molecule has 1 N–H and O–H groups in total. The van der Waals surface area contributed by atoms with Crippen LogP contribution in [0.3, 0.4) is 0 Å². The second kappa shape index (κ2) is 8.20. The summed E-state index contributed by atoms with van der Waals surface area (Å²) in [6, 6.07) is 17.0. The number of hydrogen-bond acceptors (Lipinski definition) is 2. The number of rotatable bonds is 1. The van der Waals surface area contributed by atoms with Crippen LogP contribution in [0.15, 0.2) is 53.0 Å². The molecule has 2 nitrogen and oxygen atoms in total. The molecule has 3 rings (SSSR count). The molecule has 0 amide bonds. The number of aryl methyl sites for hydroxylation is 2. The van der Waals surface area contributed by atoms with Crippen molar-refractivity contribution < 1.29 is 0 Å². The van der Waals surface area contributed by atoms with Gasteiger partial charge in [0.15, 0.2) is 0 Å². The average molecular weight is 347 g/mol. The first-order valence-corrected chi connectivity index (χ1v) is 8.19. The van der Waals surface area contributed by atoms with Crippen molar-refractivity contribution in [3.63, 3.8) is 0 Å². The Morgan fingerprint density at radius 1 is 0.810 bits per heavy atom.